The summed E-state index contributed by atoms with van der Waals surface area (Å²) in [5.41, 5.74) is -12.2. The lowest BCUT2D eigenvalue weighted by molar-refractivity contribution is -0.662. The topological polar surface area (TPSA) is 47.0 Å². The summed E-state index contributed by atoms with van der Waals surface area (Å²) < 4.78 is 296. The molecule has 1 aromatic heterocycles. The third kappa shape index (κ3) is 7.40. The van der Waals surface area contributed by atoms with E-state index in [9.17, 15) is 62.8 Å². The molecule has 0 N–H and O–H groups in total. The van der Waals surface area contributed by atoms with Gasteiger partial charge in [0.25, 0.3) is 5.69 Å². The highest BCUT2D eigenvalue weighted by molar-refractivity contribution is 7.20. The molecular formula is C40H13BF20N2O2. The Bertz CT molecular complexity index is 2740. The number of hydrogen-bond donors (Lipinski definition) is 0. The van der Waals surface area contributed by atoms with Crippen molar-refractivity contribution < 1.29 is 97.3 Å². The van der Waals surface area contributed by atoms with Crippen molar-refractivity contribution in [2.75, 3.05) is 0 Å². The van der Waals surface area contributed by atoms with Gasteiger partial charge in [0.1, 0.15) is 52.7 Å². The zero-order valence-corrected chi connectivity index (χ0v) is 30.9. The molecule has 0 aliphatic heterocycles. The molecular weight excluding hydrogens is 931 g/mol. The second kappa shape index (κ2) is 17.4. The van der Waals surface area contributed by atoms with Gasteiger partial charge < -0.3 is 0 Å². The summed E-state index contributed by atoms with van der Waals surface area (Å²) in [5, 5.41) is 11.9. The Balaban J connectivity index is 0.000000289. The van der Waals surface area contributed by atoms with Crippen molar-refractivity contribution in [3.05, 3.63) is 199 Å². The largest absolute Gasteiger partial charge is 0.276 e. The van der Waals surface area contributed by atoms with Gasteiger partial charge in [-0.25, -0.2) is 87.8 Å². The van der Waals surface area contributed by atoms with Crippen LogP contribution in [-0.2, 0) is 6.54 Å². The van der Waals surface area contributed by atoms with Crippen LogP contribution in [-0.4, -0.2) is 11.1 Å². The Hall–Kier alpha value is -7.21. The number of pyridine rings is 1. The molecule has 0 radical (unpaired) electrons. The van der Waals surface area contributed by atoms with Crippen molar-refractivity contribution in [1.82, 2.24) is 0 Å². The van der Waals surface area contributed by atoms with E-state index in [1.807, 2.05) is 53.2 Å². The summed E-state index contributed by atoms with van der Waals surface area (Å²) in [6, 6.07) is 18.9. The first-order valence-electron chi connectivity index (χ1n) is 17.3. The van der Waals surface area contributed by atoms with Gasteiger partial charge in [-0.3, -0.25) is 10.1 Å². The van der Waals surface area contributed by atoms with Crippen LogP contribution in [0.25, 0.3) is 10.9 Å². The average molecular weight is 944 g/mol. The van der Waals surface area contributed by atoms with Gasteiger partial charge in [0.05, 0.1) is 11.0 Å². The minimum Gasteiger partial charge on any atom is -0.258 e. The standard InChI is InChI=1S/C24BF20.C16H13N2O2/c26-5-1(6(27)14(35)21(42)13(5)34)25(2-7(28)15(36)22(43)16(37)8(2)29,3-9(30)17(38)23(44)18(39)10(3)31)4-11(32)19(40)24(45)20(41)12(4)33;19-18(20)15-9-8-14-7-4-10-17(16(14)11-15)12-13-5-2-1-3-6-13/h;1-11H,12H2/q-1;+1. The van der Waals surface area contributed by atoms with Crippen molar-refractivity contribution in [1.29, 1.82) is 0 Å². The van der Waals surface area contributed by atoms with Crippen LogP contribution in [0.4, 0.5) is 93.5 Å². The van der Waals surface area contributed by atoms with Crippen LogP contribution in [0.15, 0.2) is 66.9 Å². The number of benzene rings is 6. The second-order valence-electron chi connectivity index (χ2n) is 13.4. The molecule has 6 aromatic carbocycles. The van der Waals surface area contributed by atoms with Crippen LogP contribution in [0.5, 0.6) is 0 Å². The molecule has 338 valence electrons. The number of nitrogens with zero attached hydrogens (tertiary/aromatic N) is 2. The smallest absolute Gasteiger partial charge is 0.258 e. The van der Waals surface area contributed by atoms with Gasteiger partial charge in [-0.1, -0.05) is 30.3 Å². The molecule has 0 amide bonds. The molecule has 0 atom stereocenters. The van der Waals surface area contributed by atoms with Crippen molar-refractivity contribution in [3.8, 4) is 0 Å². The fourth-order valence-corrected chi connectivity index (χ4v) is 7.16. The van der Waals surface area contributed by atoms with Crippen molar-refractivity contribution in [3.63, 3.8) is 0 Å². The van der Waals surface area contributed by atoms with Gasteiger partial charge in [0.15, 0.2) is 82.5 Å². The lowest BCUT2D eigenvalue weighted by atomic mass is 9.12. The van der Waals surface area contributed by atoms with Crippen LogP contribution in [0.2, 0.25) is 0 Å². The van der Waals surface area contributed by atoms with E-state index in [2.05, 4.69) is 0 Å². The average Bonchev–Trinajstić information content (AvgIpc) is 3.29. The monoisotopic (exact) mass is 944 g/mol. The van der Waals surface area contributed by atoms with Gasteiger partial charge in [-0.15, -0.1) is 21.9 Å². The molecule has 1 heterocycles. The summed E-state index contributed by atoms with van der Waals surface area (Å²) in [7, 11) is 0. The maximum absolute atomic E-state index is 15.4. The van der Waals surface area contributed by atoms with E-state index in [4.69, 9.17) is 0 Å². The lowest BCUT2D eigenvalue weighted by Crippen LogP contribution is -2.81. The zero-order chi connectivity index (χ0) is 48.3. The van der Waals surface area contributed by atoms with Crippen molar-refractivity contribution >= 4 is 44.6 Å². The third-order valence-electron chi connectivity index (χ3n) is 9.98. The SMILES string of the molecule is Fc1c(F)c(F)c([B-](c2c(F)c(F)c(F)c(F)c2F)(c2c(F)c(F)c(F)c(F)c2F)c2c(F)c(F)c(F)c(F)c2F)c(F)c1F.O=[N+]([O-])c1ccc2ccc[n+](Cc3ccccc3)c2c1. The number of nitro groups is 1. The van der Waals surface area contributed by atoms with Crippen LogP contribution >= 0.6 is 0 Å². The number of fused-ring (bicyclic) bond motifs is 1. The summed E-state index contributed by atoms with van der Waals surface area (Å²) in [5.74, 6) is -71.4. The minimum absolute atomic E-state index is 0.116. The Morgan fingerprint density at radius 1 is 0.400 bits per heavy atom. The highest BCUT2D eigenvalue weighted by Gasteiger charge is 2.52. The molecule has 0 bridgehead atoms. The number of hydrogen-bond acceptors (Lipinski definition) is 2. The first-order chi connectivity index (χ1) is 30.4. The number of non-ortho nitro benzene ring substituents is 1. The lowest BCUT2D eigenvalue weighted by Gasteiger charge is -2.44. The van der Waals surface area contributed by atoms with Gasteiger partial charge in [-0.05, 0) is 12.1 Å². The van der Waals surface area contributed by atoms with E-state index < -0.39 is 144 Å². The van der Waals surface area contributed by atoms with Crippen molar-refractivity contribution in [2.24, 2.45) is 0 Å². The highest BCUT2D eigenvalue weighted by atomic mass is 19.2. The Morgan fingerprint density at radius 3 is 1.02 bits per heavy atom. The Morgan fingerprint density at radius 2 is 0.708 bits per heavy atom. The first-order valence-corrected chi connectivity index (χ1v) is 17.3. The van der Waals surface area contributed by atoms with Crippen molar-refractivity contribution in [2.45, 2.75) is 6.54 Å². The maximum Gasteiger partial charge on any atom is 0.276 e. The predicted molar refractivity (Wildman–Crippen MR) is 186 cm³/mol. The van der Waals surface area contributed by atoms with E-state index in [0.29, 0.717) is 6.54 Å². The summed E-state index contributed by atoms with van der Waals surface area (Å²) in [6.07, 6.45) is -5.27. The van der Waals surface area contributed by atoms with Gasteiger partial charge in [0, 0.05) is 23.1 Å². The fourth-order valence-electron chi connectivity index (χ4n) is 7.16. The number of halogens is 20. The molecule has 0 spiro atoms. The maximum atomic E-state index is 15.4. The first kappa shape index (κ1) is 47.3. The van der Waals surface area contributed by atoms with E-state index in [0.717, 1.165) is 16.5 Å². The molecule has 65 heavy (non-hydrogen) atoms. The molecule has 0 fully saturated rings. The molecule has 0 aliphatic carbocycles. The highest BCUT2D eigenvalue weighted by Crippen LogP contribution is 2.31. The van der Waals surface area contributed by atoms with Crippen LogP contribution in [0.1, 0.15) is 5.56 Å². The second-order valence-corrected chi connectivity index (χ2v) is 13.4. The quantitative estimate of drug-likeness (QED) is 0.0305. The van der Waals surface area contributed by atoms with Crippen LogP contribution in [0, 0.1) is 126 Å². The van der Waals surface area contributed by atoms with Crippen LogP contribution < -0.4 is 26.4 Å². The number of nitro benzene ring substituents is 1. The summed E-state index contributed by atoms with van der Waals surface area (Å²) in [4.78, 5) is 10.5. The van der Waals surface area contributed by atoms with Gasteiger partial charge in [0.2, 0.25) is 5.52 Å². The molecule has 7 aromatic rings. The van der Waals surface area contributed by atoms with Gasteiger partial charge in [-0.2, -0.15) is 4.57 Å². The normalized spacial score (nSPS) is 11.6. The molecule has 0 aliphatic rings. The zero-order valence-electron chi connectivity index (χ0n) is 30.9. The Labute approximate surface area is 347 Å². The third-order valence-corrected chi connectivity index (χ3v) is 9.98. The molecule has 7 rings (SSSR count). The number of rotatable bonds is 7. The molecule has 4 nitrogen and oxygen atoms in total. The number of aromatic nitrogens is 1. The molecule has 0 saturated heterocycles. The Kier molecular flexibility index (Phi) is 12.7. The fraction of sp³-hybridized carbons (Fsp3) is 0.0250. The van der Waals surface area contributed by atoms with E-state index in [-0.39, 0.29) is 10.6 Å². The van der Waals surface area contributed by atoms with E-state index >= 15 is 35.1 Å². The van der Waals surface area contributed by atoms with Gasteiger partial charge >= 0.3 is 0 Å². The van der Waals surface area contributed by atoms with E-state index in [1.165, 1.54) is 6.07 Å². The molecule has 0 saturated carbocycles. The summed E-state index contributed by atoms with van der Waals surface area (Å²) >= 11 is 0. The summed E-state index contributed by atoms with van der Waals surface area (Å²) in [6.45, 7) is 0.694. The molecule has 25 heteroatoms. The van der Waals surface area contributed by atoms with E-state index in [1.54, 1.807) is 12.1 Å². The molecule has 0 unspecified atom stereocenters. The minimum atomic E-state index is -7.22. The predicted octanol–water partition coefficient (Wildman–Crippen LogP) is 8.93. The van der Waals surface area contributed by atoms with Crippen LogP contribution in [0.3, 0.4) is 0 Å².